The van der Waals surface area contributed by atoms with Gasteiger partial charge in [0.15, 0.2) is 10.9 Å². The van der Waals surface area contributed by atoms with Gasteiger partial charge in [0.2, 0.25) is 5.91 Å². The number of nitrogens with zero attached hydrogens (tertiary/aromatic N) is 3. The molecule has 0 bridgehead atoms. The minimum atomic E-state index is -0.400. The monoisotopic (exact) mass is 440 g/mol. The van der Waals surface area contributed by atoms with Crippen LogP contribution in [0.25, 0.3) is 0 Å². The maximum atomic E-state index is 12.6. The number of aromatic nitrogens is 1. The van der Waals surface area contributed by atoms with E-state index in [1.807, 2.05) is 0 Å². The number of phenolic OH excluding ortho intramolecular Hbond substituents is 1. The summed E-state index contributed by atoms with van der Waals surface area (Å²) in [6.07, 6.45) is 1.53. The van der Waals surface area contributed by atoms with Crippen molar-refractivity contribution in [2.75, 3.05) is 31.5 Å². The fourth-order valence-corrected chi connectivity index (χ4v) is 3.97. The van der Waals surface area contributed by atoms with Crippen molar-refractivity contribution in [3.63, 3.8) is 0 Å². The molecule has 4 rings (SSSR count). The number of carbonyl (C=O) groups is 3. The van der Waals surface area contributed by atoms with E-state index in [9.17, 15) is 19.5 Å². The number of nitrogens with one attached hydrogen (secondary N) is 1. The second-order valence-electron chi connectivity index (χ2n) is 6.94. The zero-order valence-electron chi connectivity index (χ0n) is 16.5. The van der Waals surface area contributed by atoms with Crippen molar-refractivity contribution < 1.29 is 23.9 Å². The second kappa shape index (κ2) is 9.00. The molecule has 2 N–H and O–H groups in total. The average Bonchev–Trinajstić information content (AvgIpc) is 3.46. The summed E-state index contributed by atoms with van der Waals surface area (Å²) in [5.74, 6) is -0.610. The van der Waals surface area contributed by atoms with Gasteiger partial charge in [-0.1, -0.05) is 12.1 Å². The molecule has 1 aliphatic rings. The Balaban J connectivity index is 1.29. The summed E-state index contributed by atoms with van der Waals surface area (Å²) in [6, 6.07) is 9.60. The molecule has 9 nitrogen and oxygen atoms in total. The molecule has 1 aliphatic heterocycles. The van der Waals surface area contributed by atoms with E-state index in [4.69, 9.17) is 4.42 Å². The number of rotatable bonds is 5. The molecule has 3 aromatic rings. The Morgan fingerprint density at radius 2 is 1.81 bits per heavy atom. The van der Waals surface area contributed by atoms with Gasteiger partial charge in [0.1, 0.15) is 5.75 Å². The summed E-state index contributed by atoms with van der Waals surface area (Å²) >= 11 is 1.24. The van der Waals surface area contributed by atoms with Gasteiger partial charge >= 0.3 is 0 Å². The second-order valence-corrected chi connectivity index (χ2v) is 7.80. The highest BCUT2D eigenvalue weighted by Gasteiger charge is 2.26. The highest BCUT2D eigenvalue weighted by atomic mass is 32.1. The standard InChI is InChI=1S/C21H20N4O5S/c26-16-5-2-1-4-15(16)20(29)25-9-7-24(8-10-25)18(27)12-14-13-31-21(22-14)23-19(28)17-6-3-11-30-17/h1-6,11,13,26H,7-10,12H2,(H,22,23,28). The van der Waals surface area contributed by atoms with E-state index in [1.54, 1.807) is 45.5 Å². The molecule has 160 valence electrons. The molecule has 10 heteroatoms. The van der Waals surface area contributed by atoms with Crippen LogP contribution < -0.4 is 5.32 Å². The van der Waals surface area contributed by atoms with Gasteiger partial charge in [-0.05, 0) is 24.3 Å². The molecule has 1 aromatic carbocycles. The third-order valence-corrected chi connectivity index (χ3v) is 5.71. The summed E-state index contributed by atoms with van der Waals surface area (Å²) in [6.45, 7) is 1.59. The van der Waals surface area contributed by atoms with Crippen LogP contribution in [0.2, 0.25) is 0 Å². The maximum Gasteiger partial charge on any atom is 0.293 e. The molecule has 1 saturated heterocycles. The lowest BCUT2D eigenvalue weighted by Crippen LogP contribution is -2.51. The van der Waals surface area contributed by atoms with Crippen LogP contribution in [0, 0.1) is 0 Å². The number of benzene rings is 1. The quantitative estimate of drug-likeness (QED) is 0.629. The molecule has 2 aromatic heterocycles. The summed E-state index contributed by atoms with van der Waals surface area (Å²) in [5, 5.41) is 14.6. The maximum absolute atomic E-state index is 12.6. The predicted octanol–water partition coefficient (Wildman–Crippen LogP) is 2.22. The first kappa shape index (κ1) is 20.6. The van der Waals surface area contributed by atoms with Crippen molar-refractivity contribution in [2.45, 2.75) is 6.42 Å². The van der Waals surface area contributed by atoms with E-state index in [0.29, 0.717) is 37.0 Å². The molecule has 3 heterocycles. The number of piperazine rings is 1. The van der Waals surface area contributed by atoms with Crippen LogP contribution in [-0.2, 0) is 11.2 Å². The Morgan fingerprint density at radius 1 is 1.06 bits per heavy atom. The topological polar surface area (TPSA) is 116 Å². The third-order valence-electron chi connectivity index (χ3n) is 4.90. The summed E-state index contributed by atoms with van der Waals surface area (Å²) in [5.41, 5.74) is 0.825. The minimum absolute atomic E-state index is 0.0514. The molecule has 0 unspecified atom stereocenters. The van der Waals surface area contributed by atoms with Crippen molar-refractivity contribution in [1.29, 1.82) is 0 Å². The predicted molar refractivity (Wildman–Crippen MR) is 113 cm³/mol. The number of amides is 3. The van der Waals surface area contributed by atoms with E-state index >= 15 is 0 Å². The lowest BCUT2D eigenvalue weighted by Gasteiger charge is -2.34. The van der Waals surface area contributed by atoms with E-state index in [0.717, 1.165) is 0 Å². The van der Waals surface area contributed by atoms with Gasteiger partial charge in [0.25, 0.3) is 11.8 Å². The van der Waals surface area contributed by atoms with Gasteiger partial charge in [-0.15, -0.1) is 11.3 Å². The van der Waals surface area contributed by atoms with E-state index < -0.39 is 5.91 Å². The van der Waals surface area contributed by atoms with E-state index in [1.165, 1.54) is 23.7 Å². The molecule has 3 amide bonds. The number of hydrogen-bond acceptors (Lipinski definition) is 7. The van der Waals surface area contributed by atoms with E-state index in [2.05, 4.69) is 10.3 Å². The first-order valence-corrected chi connectivity index (χ1v) is 10.5. The third kappa shape index (κ3) is 4.75. The van der Waals surface area contributed by atoms with Gasteiger partial charge in [0, 0.05) is 31.6 Å². The molecule has 31 heavy (non-hydrogen) atoms. The molecule has 0 spiro atoms. The van der Waals surface area contributed by atoms with Crippen LogP contribution in [-0.4, -0.2) is 63.8 Å². The summed E-state index contributed by atoms with van der Waals surface area (Å²) in [7, 11) is 0. The number of anilines is 1. The van der Waals surface area contributed by atoms with Crippen molar-refractivity contribution >= 4 is 34.2 Å². The van der Waals surface area contributed by atoms with Crippen LogP contribution in [0.1, 0.15) is 26.6 Å². The zero-order valence-corrected chi connectivity index (χ0v) is 17.3. The summed E-state index contributed by atoms with van der Waals surface area (Å²) in [4.78, 5) is 44.8. The average molecular weight is 440 g/mol. The summed E-state index contributed by atoms with van der Waals surface area (Å²) < 4.78 is 5.04. The fraction of sp³-hybridized carbons (Fsp3) is 0.238. The Kier molecular flexibility index (Phi) is 5.99. The Hall–Kier alpha value is -3.66. The molecule has 0 radical (unpaired) electrons. The molecule has 0 saturated carbocycles. The normalized spacial score (nSPS) is 13.8. The highest BCUT2D eigenvalue weighted by molar-refractivity contribution is 7.14. The number of thiazole rings is 1. The molecule has 1 fully saturated rings. The first-order valence-electron chi connectivity index (χ1n) is 9.65. The SMILES string of the molecule is O=C(Nc1nc(CC(=O)N2CCN(C(=O)c3ccccc3O)CC2)cs1)c1ccco1. The molecule has 0 atom stereocenters. The number of phenols is 1. The van der Waals surface area contributed by atoms with Gasteiger partial charge in [0.05, 0.1) is 23.9 Å². The van der Waals surface area contributed by atoms with Gasteiger partial charge < -0.3 is 19.3 Å². The minimum Gasteiger partial charge on any atom is -0.507 e. The molecular formula is C21H20N4O5S. The lowest BCUT2D eigenvalue weighted by molar-refractivity contribution is -0.132. The van der Waals surface area contributed by atoms with Crippen LogP contribution in [0.4, 0.5) is 5.13 Å². The van der Waals surface area contributed by atoms with Crippen molar-refractivity contribution in [3.05, 3.63) is 65.1 Å². The van der Waals surface area contributed by atoms with Gasteiger partial charge in [-0.3, -0.25) is 19.7 Å². The first-order chi connectivity index (χ1) is 15.0. The number of carbonyl (C=O) groups excluding carboxylic acids is 3. The smallest absolute Gasteiger partial charge is 0.293 e. The molecular weight excluding hydrogens is 420 g/mol. The van der Waals surface area contributed by atoms with Crippen molar-refractivity contribution in [1.82, 2.24) is 14.8 Å². The van der Waals surface area contributed by atoms with E-state index in [-0.39, 0.29) is 35.3 Å². The number of furan rings is 1. The zero-order chi connectivity index (χ0) is 21.8. The Bertz CT molecular complexity index is 1090. The Morgan fingerprint density at radius 3 is 2.52 bits per heavy atom. The molecule has 0 aliphatic carbocycles. The fourth-order valence-electron chi connectivity index (χ4n) is 3.26. The number of para-hydroxylation sites is 1. The number of aromatic hydroxyl groups is 1. The van der Waals surface area contributed by atoms with Gasteiger partial charge in [-0.25, -0.2) is 4.98 Å². The van der Waals surface area contributed by atoms with Crippen LogP contribution in [0.15, 0.2) is 52.5 Å². The largest absolute Gasteiger partial charge is 0.507 e. The Labute approximate surface area is 181 Å². The number of hydrogen-bond donors (Lipinski definition) is 2. The van der Waals surface area contributed by atoms with Crippen LogP contribution in [0.3, 0.4) is 0 Å². The lowest BCUT2D eigenvalue weighted by atomic mass is 10.1. The highest BCUT2D eigenvalue weighted by Crippen LogP contribution is 2.20. The van der Waals surface area contributed by atoms with Crippen molar-refractivity contribution in [2.24, 2.45) is 0 Å². The van der Waals surface area contributed by atoms with Crippen molar-refractivity contribution in [3.8, 4) is 5.75 Å². The van der Waals surface area contributed by atoms with Crippen LogP contribution >= 0.6 is 11.3 Å². The van der Waals surface area contributed by atoms with Gasteiger partial charge in [-0.2, -0.15) is 0 Å². The van der Waals surface area contributed by atoms with Crippen LogP contribution in [0.5, 0.6) is 5.75 Å².